The summed E-state index contributed by atoms with van der Waals surface area (Å²) in [4.78, 5) is 25.1. The topological polar surface area (TPSA) is 104 Å². The van der Waals surface area contributed by atoms with Gasteiger partial charge in [-0.3, -0.25) is 4.90 Å². The summed E-state index contributed by atoms with van der Waals surface area (Å²) >= 11 is 1.49. The third-order valence-corrected chi connectivity index (χ3v) is 6.68. The van der Waals surface area contributed by atoms with Gasteiger partial charge in [0.05, 0.1) is 17.2 Å². The number of hydrogen-bond donors (Lipinski definition) is 2. The number of thioether (sulfide) groups is 1. The average Bonchev–Trinajstić information content (AvgIpc) is 3.03. The van der Waals surface area contributed by atoms with Gasteiger partial charge in [-0.1, -0.05) is 0 Å². The zero-order valence-electron chi connectivity index (χ0n) is 11.1. The number of nitrogens with one attached hydrogen (secondary N) is 1. The van der Waals surface area contributed by atoms with Crippen molar-refractivity contribution in [3.05, 3.63) is 11.5 Å². The van der Waals surface area contributed by atoms with Gasteiger partial charge in [0.1, 0.15) is 6.04 Å². The molecule has 2 aliphatic heterocycles. The summed E-state index contributed by atoms with van der Waals surface area (Å²) in [5.74, 6) is -0.447. The molecule has 0 bridgehead atoms. The monoisotopic (exact) mass is 332 g/mol. The highest BCUT2D eigenvalue weighted by Crippen LogP contribution is 2.45. The first kappa shape index (κ1) is 14.7. The minimum Gasteiger partial charge on any atom is -0.480 e. The predicted octanol–water partition coefficient (Wildman–Crippen LogP) is 0.245. The Bertz CT molecular complexity index is 599. The summed E-state index contributed by atoms with van der Waals surface area (Å²) in [5, 5.41) is 12.8. The van der Waals surface area contributed by atoms with Gasteiger partial charge in [0.25, 0.3) is 0 Å². The van der Waals surface area contributed by atoms with Crippen LogP contribution in [0.1, 0.15) is 12.8 Å². The third kappa shape index (κ3) is 3.03. The van der Waals surface area contributed by atoms with E-state index in [9.17, 15) is 23.1 Å². The largest absolute Gasteiger partial charge is 0.480 e. The van der Waals surface area contributed by atoms with Crippen LogP contribution in [0.2, 0.25) is 0 Å². The van der Waals surface area contributed by atoms with Gasteiger partial charge < -0.3 is 10.4 Å². The number of rotatable bonds is 3. The van der Waals surface area contributed by atoms with Crippen molar-refractivity contribution < 1.29 is 23.1 Å². The van der Waals surface area contributed by atoms with E-state index < -0.39 is 33.9 Å². The fourth-order valence-electron chi connectivity index (χ4n) is 2.62. The Kier molecular flexibility index (Phi) is 3.64. The molecule has 1 saturated heterocycles. The van der Waals surface area contributed by atoms with E-state index >= 15 is 0 Å². The van der Waals surface area contributed by atoms with Crippen LogP contribution in [0.3, 0.4) is 0 Å². The smallest absolute Gasteiger partial charge is 0.327 e. The first-order valence-corrected chi connectivity index (χ1v) is 9.48. The number of amides is 2. The van der Waals surface area contributed by atoms with Crippen LogP contribution in [-0.2, 0) is 14.6 Å². The van der Waals surface area contributed by atoms with E-state index in [0.717, 1.165) is 18.2 Å². The Morgan fingerprint density at radius 3 is 2.57 bits per heavy atom. The zero-order chi connectivity index (χ0) is 15.2. The van der Waals surface area contributed by atoms with E-state index in [1.54, 1.807) is 0 Å². The summed E-state index contributed by atoms with van der Waals surface area (Å²) in [6.45, 7) is 0. The molecular formula is C12H16N2O5S2. The van der Waals surface area contributed by atoms with Crippen molar-refractivity contribution in [1.82, 2.24) is 10.2 Å². The van der Waals surface area contributed by atoms with Gasteiger partial charge in [-0.2, -0.15) is 0 Å². The summed E-state index contributed by atoms with van der Waals surface area (Å²) < 4.78 is 22.7. The lowest BCUT2D eigenvalue weighted by molar-refractivity contribution is -0.141. The molecule has 0 aromatic carbocycles. The average molecular weight is 332 g/mol. The number of aliphatic carboxylic acids is 1. The van der Waals surface area contributed by atoms with Crippen LogP contribution in [0.4, 0.5) is 4.79 Å². The minimum atomic E-state index is -3.25. The van der Waals surface area contributed by atoms with E-state index in [0.29, 0.717) is 11.7 Å². The first-order valence-electron chi connectivity index (χ1n) is 6.71. The molecule has 2 heterocycles. The number of carboxylic acids is 1. The Hall–Kier alpha value is -1.22. The maximum atomic E-state index is 12.4. The van der Waals surface area contributed by atoms with Crippen LogP contribution in [-0.4, -0.2) is 59.4 Å². The highest BCUT2D eigenvalue weighted by atomic mass is 32.2. The highest BCUT2D eigenvalue weighted by Gasteiger charge is 2.48. The van der Waals surface area contributed by atoms with Crippen molar-refractivity contribution in [2.45, 2.75) is 30.3 Å². The van der Waals surface area contributed by atoms with Crippen LogP contribution in [0, 0.1) is 5.92 Å². The van der Waals surface area contributed by atoms with E-state index in [-0.39, 0.29) is 11.1 Å². The van der Waals surface area contributed by atoms with Crippen molar-refractivity contribution in [1.29, 1.82) is 0 Å². The maximum absolute atomic E-state index is 12.4. The maximum Gasteiger partial charge on any atom is 0.327 e. The number of hydrogen-bond acceptors (Lipinski definition) is 5. The van der Waals surface area contributed by atoms with E-state index in [1.807, 2.05) is 0 Å². The number of urea groups is 1. The molecule has 9 heteroatoms. The van der Waals surface area contributed by atoms with Crippen LogP contribution in [0.25, 0.3) is 0 Å². The molecule has 2 amide bonds. The van der Waals surface area contributed by atoms with Crippen molar-refractivity contribution in [3.63, 3.8) is 0 Å². The zero-order valence-corrected chi connectivity index (χ0v) is 12.8. The molecule has 0 radical (unpaired) electrons. The van der Waals surface area contributed by atoms with Crippen molar-refractivity contribution in [2.75, 3.05) is 11.5 Å². The second kappa shape index (κ2) is 5.20. The second-order valence-corrected chi connectivity index (χ2v) is 8.62. The molecule has 1 saturated carbocycles. The fourth-order valence-corrected chi connectivity index (χ4v) is 5.48. The molecule has 21 heavy (non-hydrogen) atoms. The Morgan fingerprint density at radius 1 is 1.33 bits per heavy atom. The Balaban J connectivity index is 1.71. The third-order valence-electron chi connectivity index (χ3n) is 3.82. The molecular weight excluding hydrogens is 316 g/mol. The van der Waals surface area contributed by atoms with Crippen LogP contribution in [0.5, 0.6) is 0 Å². The molecule has 0 aromatic heterocycles. The lowest BCUT2D eigenvalue weighted by Crippen LogP contribution is -2.53. The van der Waals surface area contributed by atoms with Gasteiger partial charge in [0, 0.05) is 11.2 Å². The van der Waals surface area contributed by atoms with Gasteiger partial charge in [-0.25, -0.2) is 18.0 Å². The summed E-state index contributed by atoms with van der Waals surface area (Å²) in [6, 6.07) is -1.92. The quantitative estimate of drug-likeness (QED) is 0.767. The Labute approximate surface area is 126 Å². The van der Waals surface area contributed by atoms with Crippen molar-refractivity contribution >= 4 is 33.6 Å². The molecule has 0 spiro atoms. The fraction of sp³-hybridized carbons (Fsp3) is 0.667. The number of sulfone groups is 1. The molecule has 3 aliphatic rings. The van der Waals surface area contributed by atoms with E-state index in [4.69, 9.17) is 0 Å². The molecule has 3 atom stereocenters. The first-order chi connectivity index (χ1) is 9.87. The SMILES string of the molecule is O=C(O)C1CSC(C2CC2)N1C(=O)NC1C=CS(=O)(=O)C1. The van der Waals surface area contributed by atoms with Crippen LogP contribution in [0.15, 0.2) is 11.5 Å². The number of nitrogens with zero attached hydrogens (tertiary/aromatic N) is 1. The van der Waals surface area contributed by atoms with Crippen molar-refractivity contribution in [2.24, 2.45) is 5.92 Å². The molecule has 2 fully saturated rings. The van der Waals surface area contributed by atoms with E-state index in [2.05, 4.69) is 5.32 Å². The van der Waals surface area contributed by atoms with Gasteiger partial charge >= 0.3 is 12.0 Å². The number of carbonyl (C=O) groups is 2. The van der Waals surface area contributed by atoms with Gasteiger partial charge in [0.15, 0.2) is 9.84 Å². The molecule has 3 rings (SSSR count). The molecule has 2 N–H and O–H groups in total. The molecule has 116 valence electrons. The minimum absolute atomic E-state index is 0.118. The second-order valence-electron chi connectivity index (χ2n) is 5.54. The summed E-state index contributed by atoms with van der Waals surface area (Å²) in [5.41, 5.74) is 0. The summed E-state index contributed by atoms with van der Waals surface area (Å²) in [7, 11) is -3.25. The molecule has 1 aliphatic carbocycles. The molecule has 7 nitrogen and oxygen atoms in total. The van der Waals surface area contributed by atoms with Crippen LogP contribution < -0.4 is 5.32 Å². The highest BCUT2D eigenvalue weighted by molar-refractivity contribution is 8.00. The number of carbonyl (C=O) groups excluding carboxylic acids is 1. The molecule has 0 aromatic rings. The van der Waals surface area contributed by atoms with Gasteiger partial charge in [-0.05, 0) is 24.8 Å². The molecule has 3 unspecified atom stereocenters. The number of carboxylic acid groups (broad SMARTS) is 1. The van der Waals surface area contributed by atoms with Crippen molar-refractivity contribution in [3.8, 4) is 0 Å². The lowest BCUT2D eigenvalue weighted by Gasteiger charge is -2.28. The standard InChI is InChI=1S/C12H16N2O5S2/c15-11(16)9-5-20-10(7-1-2-7)14(9)12(17)13-8-3-4-21(18,19)6-8/h3-4,7-10H,1-2,5-6H2,(H,13,17)(H,15,16). The Morgan fingerprint density at radius 2 is 2.05 bits per heavy atom. The predicted molar refractivity (Wildman–Crippen MR) is 77.5 cm³/mol. The normalized spacial score (nSPS) is 34.1. The lowest BCUT2D eigenvalue weighted by atomic mass is 10.2. The van der Waals surface area contributed by atoms with Gasteiger partial charge in [0.2, 0.25) is 0 Å². The van der Waals surface area contributed by atoms with Crippen LogP contribution >= 0.6 is 11.8 Å². The van der Waals surface area contributed by atoms with Gasteiger partial charge in [-0.15, -0.1) is 11.8 Å². The summed E-state index contributed by atoms with van der Waals surface area (Å²) in [6.07, 6.45) is 3.44. The van der Waals surface area contributed by atoms with E-state index in [1.165, 1.54) is 22.7 Å².